The van der Waals surface area contributed by atoms with Crippen molar-refractivity contribution in [2.24, 2.45) is 5.73 Å². The summed E-state index contributed by atoms with van der Waals surface area (Å²) in [7, 11) is 3.10. The summed E-state index contributed by atoms with van der Waals surface area (Å²) in [6.45, 7) is 0.533. The first-order valence-corrected chi connectivity index (χ1v) is 6.29. The number of benzene rings is 1. The SMILES string of the molecule is COc1cc(F)cc(OC)c1C1(CN)CCCC1. The molecule has 3 nitrogen and oxygen atoms in total. The quantitative estimate of drug-likeness (QED) is 0.897. The Kier molecular flexibility index (Phi) is 3.76. The minimum atomic E-state index is -0.349. The van der Waals surface area contributed by atoms with Gasteiger partial charge in [-0.3, -0.25) is 0 Å². The van der Waals surface area contributed by atoms with Crippen molar-refractivity contribution < 1.29 is 13.9 Å². The molecule has 0 amide bonds. The van der Waals surface area contributed by atoms with Gasteiger partial charge in [-0.15, -0.1) is 0 Å². The number of nitrogens with two attached hydrogens (primary N) is 1. The lowest BCUT2D eigenvalue weighted by molar-refractivity contribution is 0.343. The molecule has 0 aromatic heterocycles. The van der Waals surface area contributed by atoms with Gasteiger partial charge in [-0.05, 0) is 12.8 Å². The van der Waals surface area contributed by atoms with E-state index in [0.717, 1.165) is 31.2 Å². The summed E-state index contributed by atoms with van der Waals surface area (Å²) < 4.78 is 24.2. The second kappa shape index (κ2) is 5.14. The maximum atomic E-state index is 13.5. The third-order valence-corrected chi connectivity index (χ3v) is 3.95. The number of rotatable bonds is 4. The minimum absolute atomic E-state index is 0.135. The molecule has 18 heavy (non-hydrogen) atoms. The van der Waals surface area contributed by atoms with Crippen LogP contribution in [0.1, 0.15) is 31.2 Å². The molecular weight excluding hydrogens is 233 g/mol. The lowest BCUT2D eigenvalue weighted by Gasteiger charge is -2.31. The molecule has 2 rings (SSSR count). The second-order valence-corrected chi connectivity index (χ2v) is 4.88. The minimum Gasteiger partial charge on any atom is -0.496 e. The molecule has 0 saturated heterocycles. The molecule has 4 heteroatoms. The highest BCUT2D eigenvalue weighted by molar-refractivity contribution is 5.51. The number of hydrogen-bond acceptors (Lipinski definition) is 3. The molecule has 1 aliphatic carbocycles. The van der Waals surface area contributed by atoms with Gasteiger partial charge in [-0.2, -0.15) is 0 Å². The predicted molar refractivity (Wildman–Crippen MR) is 68.7 cm³/mol. The summed E-state index contributed by atoms with van der Waals surface area (Å²) in [4.78, 5) is 0. The van der Waals surface area contributed by atoms with Crippen LogP contribution >= 0.6 is 0 Å². The van der Waals surface area contributed by atoms with Gasteiger partial charge in [-0.25, -0.2) is 4.39 Å². The molecule has 0 unspecified atom stereocenters. The molecule has 1 aromatic rings. The molecule has 2 N–H and O–H groups in total. The van der Waals surface area contributed by atoms with Gasteiger partial charge in [-0.1, -0.05) is 12.8 Å². The van der Waals surface area contributed by atoms with Gasteiger partial charge in [0, 0.05) is 29.7 Å². The summed E-state index contributed by atoms with van der Waals surface area (Å²) >= 11 is 0. The largest absolute Gasteiger partial charge is 0.496 e. The fraction of sp³-hybridized carbons (Fsp3) is 0.571. The predicted octanol–water partition coefficient (Wildman–Crippen LogP) is 2.61. The van der Waals surface area contributed by atoms with E-state index < -0.39 is 0 Å². The highest BCUT2D eigenvalue weighted by atomic mass is 19.1. The van der Waals surface area contributed by atoms with E-state index in [9.17, 15) is 4.39 Å². The van der Waals surface area contributed by atoms with E-state index in [-0.39, 0.29) is 11.2 Å². The molecule has 100 valence electrons. The third-order valence-electron chi connectivity index (χ3n) is 3.95. The van der Waals surface area contributed by atoms with Crippen molar-refractivity contribution in [3.8, 4) is 11.5 Å². The third kappa shape index (κ3) is 2.05. The Labute approximate surface area is 107 Å². The summed E-state index contributed by atoms with van der Waals surface area (Å²) in [5.41, 5.74) is 6.77. The summed E-state index contributed by atoms with van der Waals surface area (Å²) in [6, 6.07) is 2.82. The Balaban J connectivity index is 2.60. The Morgan fingerprint density at radius 2 is 1.67 bits per heavy atom. The van der Waals surface area contributed by atoms with Crippen LogP contribution in [0.5, 0.6) is 11.5 Å². The lowest BCUT2D eigenvalue weighted by atomic mass is 9.78. The molecule has 1 aromatic carbocycles. The van der Waals surface area contributed by atoms with Gasteiger partial charge in [0.1, 0.15) is 17.3 Å². The van der Waals surface area contributed by atoms with Crippen LogP contribution in [0, 0.1) is 5.82 Å². The fourth-order valence-electron chi connectivity index (χ4n) is 3.01. The van der Waals surface area contributed by atoms with Gasteiger partial charge in [0.05, 0.1) is 14.2 Å². The van der Waals surface area contributed by atoms with Crippen LogP contribution in [0.4, 0.5) is 4.39 Å². The van der Waals surface area contributed by atoms with E-state index in [4.69, 9.17) is 15.2 Å². The van der Waals surface area contributed by atoms with Crippen molar-refractivity contribution in [3.63, 3.8) is 0 Å². The number of hydrogen-bond donors (Lipinski definition) is 1. The fourth-order valence-corrected chi connectivity index (χ4v) is 3.01. The maximum absolute atomic E-state index is 13.5. The van der Waals surface area contributed by atoms with Crippen LogP contribution < -0.4 is 15.2 Å². The van der Waals surface area contributed by atoms with Crippen LogP contribution in [0.3, 0.4) is 0 Å². The molecule has 0 bridgehead atoms. The van der Waals surface area contributed by atoms with Crippen LogP contribution in [-0.2, 0) is 5.41 Å². The van der Waals surface area contributed by atoms with E-state index in [0.29, 0.717) is 18.0 Å². The zero-order valence-electron chi connectivity index (χ0n) is 11.0. The van der Waals surface area contributed by atoms with Gasteiger partial charge in [0.2, 0.25) is 0 Å². The first-order chi connectivity index (χ1) is 8.66. The van der Waals surface area contributed by atoms with Gasteiger partial charge < -0.3 is 15.2 Å². The normalized spacial score (nSPS) is 17.8. The van der Waals surface area contributed by atoms with E-state index in [2.05, 4.69) is 0 Å². The Hall–Kier alpha value is -1.29. The van der Waals surface area contributed by atoms with Gasteiger partial charge >= 0.3 is 0 Å². The lowest BCUT2D eigenvalue weighted by Crippen LogP contribution is -2.33. The first-order valence-electron chi connectivity index (χ1n) is 6.29. The molecule has 0 atom stereocenters. The van der Waals surface area contributed by atoms with Crippen molar-refractivity contribution >= 4 is 0 Å². The molecule has 0 spiro atoms. The van der Waals surface area contributed by atoms with Crippen molar-refractivity contribution in [3.05, 3.63) is 23.5 Å². The summed E-state index contributed by atoms with van der Waals surface area (Å²) in [5, 5.41) is 0. The standard InChI is InChI=1S/C14H20FNO2/c1-17-11-7-10(15)8-12(18-2)13(11)14(9-16)5-3-4-6-14/h7-8H,3-6,9,16H2,1-2H3. The zero-order valence-corrected chi connectivity index (χ0v) is 11.0. The van der Waals surface area contributed by atoms with Gasteiger partial charge in [0.15, 0.2) is 0 Å². The molecule has 1 aliphatic rings. The Bertz CT molecular complexity index is 403. The Morgan fingerprint density at radius 1 is 1.17 bits per heavy atom. The number of ether oxygens (including phenoxy) is 2. The van der Waals surface area contributed by atoms with Gasteiger partial charge in [0.25, 0.3) is 0 Å². The first kappa shape index (κ1) is 13.1. The smallest absolute Gasteiger partial charge is 0.130 e. The highest BCUT2D eigenvalue weighted by Gasteiger charge is 2.39. The average molecular weight is 253 g/mol. The van der Waals surface area contributed by atoms with Crippen molar-refractivity contribution in [2.45, 2.75) is 31.1 Å². The zero-order chi connectivity index (χ0) is 13.2. The molecule has 0 radical (unpaired) electrons. The number of methoxy groups -OCH3 is 2. The summed E-state index contributed by atoms with van der Waals surface area (Å²) in [6.07, 6.45) is 4.28. The number of halogens is 1. The molecule has 0 aliphatic heterocycles. The molecule has 1 saturated carbocycles. The van der Waals surface area contributed by atoms with Crippen molar-refractivity contribution in [1.82, 2.24) is 0 Å². The van der Waals surface area contributed by atoms with E-state index in [1.807, 2.05) is 0 Å². The summed E-state index contributed by atoms with van der Waals surface area (Å²) in [5.74, 6) is 0.732. The van der Waals surface area contributed by atoms with Crippen molar-refractivity contribution in [1.29, 1.82) is 0 Å². The Morgan fingerprint density at radius 3 is 2.06 bits per heavy atom. The van der Waals surface area contributed by atoms with Crippen LogP contribution in [-0.4, -0.2) is 20.8 Å². The topological polar surface area (TPSA) is 44.5 Å². The second-order valence-electron chi connectivity index (χ2n) is 4.88. The monoisotopic (exact) mass is 253 g/mol. The maximum Gasteiger partial charge on any atom is 0.130 e. The van der Waals surface area contributed by atoms with Crippen LogP contribution in [0.2, 0.25) is 0 Å². The van der Waals surface area contributed by atoms with E-state index in [1.54, 1.807) is 14.2 Å². The van der Waals surface area contributed by atoms with Crippen LogP contribution in [0.25, 0.3) is 0 Å². The van der Waals surface area contributed by atoms with Crippen LogP contribution in [0.15, 0.2) is 12.1 Å². The molecule has 0 heterocycles. The molecule has 1 fully saturated rings. The van der Waals surface area contributed by atoms with E-state index in [1.165, 1.54) is 12.1 Å². The average Bonchev–Trinajstić information content (AvgIpc) is 2.87. The highest BCUT2D eigenvalue weighted by Crippen LogP contribution is 2.48. The molecular formula is C14H20FNO2. The van der Waals surface area contributed by atoms with E-state index >= 15 is 0 Å². The van der Waals surface area contributed by atoms with Crippen molar-refractivity contribution in [2.75, 3.05) is 20.8 Å².